The highest BCUT2D eigenvalue weighted by Gasteiger charge is 2.61. The molecule has 1 heteroatoms. The van der Waals surface area contributed by atoms with Gasteiger partial charge in [0.15, 0.2) is 0 Å². The summed E-state index contributed by atoms with van der Waals surface area (Å²) in [6.45, 7) is 22.4. The van der Waals surface area contributed by atoms with Crippen LogP contribution in [0.1, 0.15) is 131 Å². The minimum Gasteiger partial charge on any atom is -0.389 e. The Morgan fingerprint density at radius 3 is 2.17 bits per heavy atom. The van der Waals surface area contributed by atoms with Gasteiger partial charge in [-0.05, 0) is 165 Å². The zero-order valence-corrected chi connectivity index (χ0v) is 30.5. The Balaban J connectivity index is 0.000000150. The molecule has 0 amide bonds. The van der Waals surface area contributed by atoms with Crippen LogP contribution in [0.15, 0.2) is 67.3 Å². The van der Waals surface area contributed by atoms with Crippen molar-refractivity contribution in [2.75, 3.05) is 0 Å². The van der Waals surface area contributed by atoms with Crippen LogP contribution in [0.5, 0.6) is 0 Å². The molecule has 0 spiro atoms. The molecule has 6 aliphatic carbocycles. The SMILES string of the molecule is C=CCC1=C2c3ccc(C)cc3CCC2C2CC[C@H](C)[C@@]2(C)C1.C=CC[C@]1(O)C[C@@]2(C)C(CC[C@@H]2C)C2CCc3cc(C)ccc3C21. The summed E-state index contributed by atoms with van der Waals surface area (Å²) in [6.07, 6.45) is 18.7. The lowest BCUT2D eigenvalue weighted by atomic mass is 9.49. The number of allylic oxidation sites excluding steroid dienone is 3. The van der Waals surface area contributed by atoms with Gasteiger partial charge in [0.1, 0.15) is 0 Å². The molecule has 2 aromatic rings. The highest BCUT2D eigenvalue weighted by atomic mass is 16.3. The molecule has 0 aromatic heterocycles. The number of rotatable bonds is 4. The van der Waals surface area contributed by atoms with E-state index in [0.29, 0.717) is 22.7 Å². The van der Waals surface area contributed by atoms with Gasteiger partial charge in [-0.25, -0.2) is 0 Å². The van der Waals surface area contributed by atoms with E-state index in [1.165, 1.54) is 80.0 Å². The van der Waals surface area contributed by atoms with E-state index in [4.69, 9.17) is 0 Å². The summed E-state index contributed by atoms with van der Waals surface area (Å²) in [5.41, 5.74) is 12.4. The van der Waals surface area contributed by atoms with E-state index >= 15 is 0 Å². The minimum absolute atomic E-state index is 0.293. The first-order valence-corrected chi connectivity index (χ1v) is 19.3. The molecule has 1 nitrogen and oxygen atoms in total. The van der Waals surface area contributed by atoms with Crippen LogP contribution in [-0.2, 0) is 12.8 Å². The Bertz CT molecular complexity index is 1580. The molecule has 5 unspecified atom stereocenters. The fourth-order valence-electron chi connectivity index (χ4n) is 12.8. The molecule has 0 bridgehead atoms. The number of fused-ring (bicyclic) bond motifs is 10. The summed E-state index contributed by atoms with van der Waals surface area (Å²) in [5, 5.41) is 11.8. The molecule has 3 fully saturated rings. The van der Waals surface area contributed by atoms with Crippen LogP contribution >= 0.6 is 0 Å². The minimum atomic E-state index is -0.624. The first kappa shape index (κ1) is 33.1. The van der Waals surface area contributed by atoms with Crippen molar-refractivity contribution in [2.24, 2.45) is 46.3 Å². The van der Waals surface area contributed by atoms with Crippen molar-refractivity contribution in [3.63, 3.8) is 0 Å². The number of hydrogen-bond donors (Lipinski definition) is 1. The first-order chi connectivity index (χ1) is 22.4. The Hall–Kier alpha value is -2.38. The van der Waals surface area contributed by atoms with E-state index in [1.807, 2.05) is 6.08 Å². The maximum atomic E-state index is 11.8. The quantitative estimate of drug-likeness (QED) is 0.333. The summed E-state index contributed by atoms with van der Waals surface area (Å²) in [4.78, 5) is 0. The fraction of sp³-hybridized carbons (Fsp3) is 0.609. The molecule has 3 saturated carbocycles. The van der Waals surface area contributed by atoms with Crippen molar-refractivity contribution in [1.29, 1.82) is 0 Å². The Morgan fingerprint density at radius 2 is 1.45 bits per heavy atom. The summed E-state index contributed by atoms with van der Waals surface area (Å²) in [5.74, 6) is 4.99. The third kappa shape index (κ3) is 5.28. The van der Waals surface area contributed by atoms with Gasteiger partial charge in [0.25, 0.3) is 0 Å². The highest BCUT2D eigenvalue weighted by molar-refractivity contribution is 5.76. The average molecular weight is 631 g/mol. The standard InChI is InChI=1S/C23H32O.C23H30/c1-5-12-23(24)14-22(4)16(3)7-11-20(22)19-10-8-17-13-15(2)6-9-18(17)21(19)23;1-5-6-18-14-23(4)16(3)8-12-21(23)20-11-9-17-13-15(2)7-10-19(17)22(18)20/h5-6,9,13,16,19-21,24H,1,7-8,10-12,14H2,2-4H3;5,7,10,13,16,20-21H,1,6,8-9,11-12,14H2,2-4H3/t16-,19?,20?,21?,22+,23-;16-,20?,21?,23+/m00/s1. The monoisotopic (exact) mass is 630 g/mol. The van der Waals surface area contributed by atoms with Gasteiger partial charge in [0, 0.05) is 5.92 Å². The Kier molecular flexibility index (Phi) is 8.59. The lowest BCUT2D eigenvalue weighted by Gasteiger charge is -2.58. The highest BCUT2D eigenvalue weighted by Crippen LogP contribution is 2.66. The molecule has 6 aliphatic rings. The predicted molar refractivity (Wildman–Crippen MR) is 199 cm³/mol. The molecule has 0 saturated heterocycles. The van der Waals surface area contributed by atoms with Crippen LogP contribution in [0.25, 0.3) is 5.57 Å². The average Bonchev–Trinajstić information content (AvgIpc) is 3.50. The van der Waals surface area contributed by atoms with Crippen LogP contribution in [-0.4, -0.2) is 10.7 Å². The van der Waals surface area contributed by atoms with Crippen LogP contribution in [0, 0.1) is 60.2 Å². The van der Waals surface area contributed by atoms with Crippen molar-refractivity contribution in [3.05, 3.63) is 101 Å². The van der Waals surface area contributed by atoms with Gasteiger partial charge < -0.3 is 5.11 Å². The van der Waals surface area contributed by atoms with Crippen molar-refractivity contribution < 1.29 is 5.11 Å². The molecular weight excluding hydrogens is 569 g/mol. The molecule has 0 aliphatic heterocycles. The second kappa shape index (κ2) is 12.2. The number of benzene rings is 2. The molecule has 47 heavy (non-hydrogen) atoms. The Morgan fingerprint density at radius 1 is 0.787 bits per heavy atom. The third-order valence-electron chi connectivity index (χ3n) is 15.4. The number of aryl methyl sites for hydroxylation is 4. The lowest BCUT2D eigenvalue weighted by Crippen LogP contribution is -2.55. The largest absolute Gasteiger partial charge is 0.389 e. The molecule has 10 atom stereocenters. The maximum Gasteiger partial charge on any atom is 0.0758 e. The van der Waals surface area contributed by atoms with Gasteiger partial charge in [-0.3, -0.25) is 0 Å². The molecular formula is C46H62O. The van der Waals surface area contributed by atoms with E-state index < -0.39 is 5.60 Å². The van der Waals surface area contributed by atoms with Crippen LogP contribution in [0.4, 0.5) is 0 Å². The first-order valence-electron chi connectivity index (χ1n) is 19.3. The zero-order chi connectivity index (χ0) is 33.3. The van der Waals surface area contributed by atoms with Crippen molar-refractivity contribution in [2.45, 2.75) is 130 Å². The normalized spacial score (nSPS) is 39.7. The summed E-state index contributed by atoms with van der Waals surface area (Å²) >= 11 is 0. The topological polar surface area (TPSA) is 20.2 Å². The molecule has 2 aromatic carbocycles. The number of hydrogen-bond acceptors (Lipinski definition) is 1. The smallest absolute Gasteiger partial charge is 0.0758 e. The fourth-order valence-corrected chi connectivity index (χ4v) is 12.8. The zero-order valence-electron chi connectivity index (χ0n) is 30.5. The summed E-state index contributed by atoms with van der Waals surface area (Å²) < 4.78 is 0. The van der Waals surface area contributed by atoms with Crippen LogP contribution < -0.4 is 0 Å². The maximum absolute atomic E-state index is 11.8. The summed E-state index contributed by atoms with van der Waals surface area (Å²) in [7, 11) is 0. The van der Waals surface area contributed by atoms with Gasteiger partial charge in [0.2, 0.25) is 0 Å². The molecule has 8 rings (SSSR count). The van der Waals surface area contributed by atoms with E-state index in [-0.39, 0.29) is 0 Å². The van der Waals surface area contributed by atoms with E-state index in [2.05, 4.69) is 97.2 Å². The second-order valence-corrected chi connectivity index (χ2v) is 17.8. The lowest BCUT2D eigenvalue weighted by molar-refractivity contribution is -0.122. The second-order valence-electron chi connectivity index (χ2n) is 17.8. The molecule has 0 heterocycles. The van der Waals surface area contributed by atoms with Gasteiger partial charge in [-0.2, -0.15) is 0 Å². The molecule has 252 valence electrons. The van der Waals surface area contributed by atoms with Crippen molar-refractivity contribution in [1.82, 2.24) is 0 Å². The van der Waals surface area contributed by atoms with E-state index in [0.717, 1.165) is 48.9 Å². The summed E-state index contributed by atoms with van der Waals surface area (Å²) in [6, 6.07) is 14.1. The molecule has 1 N–H and O–H groups in total. The Labute approximate surface area is 287 Å². The molecule has 0 radical (unpaired) electrons. The van der Waals surface area contributed by atoms with Crippen LogP contribution in [0.3, 0.4) is 0 Å². The van der Waals surface area contributed by atoms with E-state index in [9.17, 15) is 5.11 Å². The number of aliphatic hydroxyl groups is 1. The van der Waals surface area contributed by atoms with Crippen molar-refractivity contribution in [3.8, 4) is 0 Å². The third-order valence-corrected chi connectivity index (χ3v) is 15.4. The van der Waals surface area contributed by atoms with Gasteiger partial charge in [-0.1, -0.05) is 92.9 Å². The van der Waals surface area contributed by atoms with Gasteiger partial charge in [-0.15, -0.1) is 13.2 Å². The van der Waals surface area contributed by atoms with Crippen molar-refractivity contribution >= 4 is 5.57 Å². The van der Waals surface area contributed by atoms with Crippen LogP contribution in [0.2, 0.25) is 0 Å². The predicted octanol–water partition coefficient (Wildman–Crippen LogP) is 11.7. The van der Waals surface area contributed by atoms with Gasteiger partial charge in [0.05, 0.1) is 5.60 Å². The van der Waals surface area contributed by atoms with Gasteiger partial charge >= 0.3 is 0 Å². The van der Waals surface area contributed by atoms with E-state index in [1.54, 1.807) is 22.3 Å².